The predicted octanol–water partition coefficient (Wildman–Crippen LogP) is 10.9. The SMILES string of the molecule is CCCCC=CCCCCCCCC(=O)OCCCCCCCCCCCCCCCCC. The van der Waals surface area contributed by atoms with E-state index in [1.807, 2.05) is 0 Å². The van der Waals surface area contributed by atoms with Crippen molar-refractivity contribution in [2.45, 2.75) is 174 Å². The predicted molar refractivity (Wildman–Crippen MR) is 147 cm³/mol. The van der Waals surface area contributed by atoms with Gasteiger partial charge in [0.25, 0.3) is 0 Å². The Kier molecular flexibility index (Phi) is 28.5. The van der Waals surface area contributed by atoms with Gasteiger partial charge in [-0.1, -0.05) is 148 Å². The first-order chi connectivity index (χ1) is 16.3. The molecule has 0 aliphatic heterocycles. The summed E-state index contributed by atoms with van der Waals surface area (Å²) in [6.45, 7) is 5.15. The Balaban J connectivity index is 3.16. The van der Waals surface area contributed by atoms with Gasteiger partial charge in [-0.05, 0) is 32.1 Å². The number of hydrogen-bond acceptors (Lipinski definition) is 2. The highest BCUT2D eigenvalue weighted by Gasteiger charge is 2.02. The summed E-state index contributed by atoms with van der Waals surface area (Å²) in [4.78, 5) is 11.8. The van der Waals surface area contributed by atoms with E-state index < -0.39 is 0 Å². The van der Waals surface area contributed by atoms with E-state index in [9.17, 15) is 4.79 Å². The molecule has 0 rings (SSSR count). The van der Waals surface area contributed by atoms with Crippen LogP contribution in [0.3, 0.4) is 0 Å². The van der Waals surface area contributed by atoms with Crippen molar-refractivity contribution >= 4 is 5.97 Å². The largest absolute Gasteiger partial charge is 0.466 e. The lowest BCUT2D eigenvalue weighted by atomic mass is 10.0. The molecule has 0 unspecified atom stereocenters. The average Bonchev–Trinajstić information content (AvgIpc) is 2.82. The number of allylic oxidation sites excluding steroid dienone is 2. The first-order valence-electron chi connectivity index (χ1n) is 15.1. The maximum absolute atomic E-state index is 11.8. The highest BCUT2D eigenvalue weighted by Crippen LogP contribution is 2.13. The number of carbonyl (C=O) groups is 1. The monoisotopic (exact) mass is 464 g/mol. The van der Waals surface area contributed by atoms with Crippen LogP contribution in [0.4, 0.5) is 0 Å². The van der Waals surface area contributed by atoms with Gasteiger partial charge < -0.3 is 4.74 Å². The van der Waals surface area contributed by atoms with Crippen LogP contribution in [0.25, 0.3) is 0 Å². The maximum atomic E-state index is 11.8. The van der Waals surface area contributed by atoms with Gasteiger partial charge in [0.05, 0.1) is 6.61 Å². The Hall–Kier alpha value is -0.790. The van der Waals surface area contributed by atoms with Gasteiger partial charge in [0.15, 0.2) is 0 Å². The molecular formula is C31H60O2. The van der Waals surface area contributed by atoms with E-state index in [1.165, 1.54) is 135 Å². The lowest BCUT2D eigenvalue weighted by molar-refractivity contribution is -0.143. The number of rotatable bonds is 27. The third kappa shape index (κ3) is 29.2. The van der Waals surface area contributed by atoms with Crippen LogP contribution in [0.2, 0.25) is 0 Å². The van der Waals surface area contributed by atoms with Gasteiger partial charge in [0.2, 0.25) is 0 Å². The molecule has 2 nitrogen and oxygen atoms in total. The molecule has 0 heterocycles. The molecule has 0 saturated heterocycles. The molecular weight excluding hydrogens is 404 g/mol. The molecule has 0 fully saturated rings. The van der Waals surface area contributed by atoms with Gasteiger partial charge in [-0.2, -0.15) is 0 Å². The lowest BCUT2D eigenvalue weighted by Gasteiger charge is -2.05. The van der Waals surface area contributed by atoms with E-state index >= 15 is 0 Å². The fraction of sp³-hybridized carbons (Fsp3) is 0.903. The molecule has 0 atom stereocenters. The fourth-order valence-electron chi connectivity index (χ4n) is 4.35. The Labute approximate surface area is 208 Å². The minimum absolute atomic E-state index is 0.0132. The highest BCUT2D eigenvalue weighted by molar-refractivity contribution is 5.69. The molecule has 0 aromatic rings. The molecule has 0 spiro atoms. The molecule has 33 heavy (non-hydrogen) atoms. The first-order valence-corrected chi connectivity index (χ1v) is 15.1. The van der Waals surface area contributed by atoms with Crippen LogP contribution in [0.1, 0.15) is 174 Å². The second kappa shape index (κ2) is 29.2. The van der Waals surface area contributed by atoms with Crippen molar-refractivity contribution < 1.29 is 9.53 Å². The number of esters is 1. The summed E-state index contributed by atoms with van der Waals surface area (Å²) in [5, 5.41) is 0. The van der Waals surface area contributed by atoms with Crippen LogP contribution in [0.15, 0.2) is 12.2 Å². The highest BCUT2D eigenvalue weighted by atomic mass is 16.5. The zero-order chi connectivity index (χ0) is 24.1. The summed E-state index contributed by atoms with van der Waals surface area (Å²) >= 11 is 0. The Bertz CT molecular complexity index is 402. The summed E-state index contributed by atoms with van der Waals surface area (Å²) in [7, 11) is 0. The van der Waals surface area contributed by atoms with Crippen molar-refractivity contribution in [3.8, 4) is 0 Å². The summed E-state index contributed by atoms with van der Waals surface area (Å²) < 4.78 is 5.40. The normalized spacial score (nSPS) is 11.5. The Morgan fingerprint density at radius 3 is 1.39 bits per heavy atom. The minimum Gasteiger partial charge on any atom is -0.466 e. The van der Waals surface area contributed by atoms with Crippen LogP contribution < -0.4 is 0 Å². The molecule has 0 radical (unpaired) electrons. The fourth-order valence-corrected chi connectivity index (χ4v) is 4.35. The molecule has 196 valence electrons. The van der Waals surface area contributed by atoms with Gasteiger partial charge in [-0.25, -0.2) is 0 Å². The number of unbranched alkanes of at least 4 members (excludes halogenated alkanes) is 21. The smallest absolute Gasteiger partial charge is 0.305 e. The van der Waals surface area contributed by atoms with Crippen molar-refractivity contribution in [1.82, 2.24) is 0 Å². The Morgan fingerprint density at radius 2 is 0.879 bits per heavy atom. The molecule has 0 bridgehead atoms. The van der Waals surface area contributed by atoms with E-state index in [4.69, 9.17) is 4.74 Å². The van der Waals surface area contributed by atoms with Gasteiger partial charge in [0.1, 0.15) is 0 Å². The average molecular weight is 465 g/mol. The molecule has 2 heteroatoms. The number of hydrogen-bond donors (Lipinski definition) is 0. The second-order valence-electron chi connectivity index (χ2n) is 10.1. The van der Waals surface area contributed by atoms with E-state index in [1.54, 1.807) is 0 Å². The third-order valence-electron chi connectivity index (χ3n) is 6.65. The summed E-state index contributed by atoms with van der Waals surface area (Å²) in [6, 6.07) is 0. The van der Waals surface area contributed by atoms with Gasteiger partial charge >= 0.3 is 5.97 Å². The number of carbonyl (C=O) groups excluding carboxylic acids is 1. The van der Waals surface area contributed by atoms with Gasteiger partial charge in [-0.3, -0.25) is 4.79 Å². The molecule has 0 N–H and O–H groups in total. The van der Waals surface area contributed by atoms with Crippen LogP contribution in [0, 0.1) is 0 Å². The van der Waals surface area contributed by atoms with Gasteiger partial charge in [-0.15, -0.1) is 0 Å². The second-order valence-corrected chi connectivity index (χ2v) is 10.1. The first kappa shape index (κ1) is 32.2. The molecule has 0 aromatic carbocycles. The zero-order valence-corrected chi connectivity index (χ0v) is 22.9. The molecule has 0 aliphatic carbocycles. The molecule has 0 aliphatic rings. The molecule has 0 amide bonds. The third-order valence-corrected chi connectivity index (χ3v) is 6.65. The van der Waals surface area contributed by atoms with Crippen molar-refractivity contribution in [3.63, 3.8) is 0 Å². The van der Waals surface area contributed by atoms with Crippen molar-refractivity contribution in [3.05, 3.63) is 12.2 Å². The summed E-state index contributed by atoms with van der Waals surface area (Å²) in [6.07, 6.45) is 36.8. The summed E-state index contributed by atoms with van der Waals surface area (Å²) in [5.41, 5.74) is 0. The standard InChI is InChI=1S/C31H60O2/c1-3-5-7-9-11-13-15-16-17-18-20-22-24-26-28-30-33-31(32)29-27-25-23-21-19-14-12-10-8-6-4-2/h10,12H,3-9,11,13-30H2,1-2H3. The van der Waals surface area contributed by atoms with Crippen LogP contribution in [-0.2, 0) is 9.53 Å². The molecule has 0 aromatic heterocycles. The van der Waals surface area contributed by atoms with E-state index in [2.05, 4.69) is 26.0 Å². The molecule has 0 saturated carbocycles. The van der Waals surface area contributed by atoms with Crippen molar-refractivity contribution in [2.24, 2.45) is 0 Å². The van der Waals surface area contributed by atoms with Crippen LogP contribution >= 0.6 is 0 Å². The number of ether oxygens (including phenoxy) is 1. The van der Waals surface area contributed by atoms with Gasteiger partial charge in [0, 0.05) is 6.42 Å². The quantitative estimate of drug-likeness (QED) is 0.0686. The zero-order valence-electron chi connectivity index (χ0n) is 22.9. The lowest BCUT2D eigenvalue weighted by Crippen LogP contribution is -2.05. The van der Waals surface area contributed by atoms with Crippen molar-refractivity contribution in [2.75, 3.05) is 6.61 Å². The topological polar surface area (TPSA) is 26.3 Å². The van der Waals surface area contributed by atoms with E-state index in [0.717, 1.165) is 19.3 Å². The Morgan fingerprint density at radius 1 is 0.485 bits per heavy atom. The van der Waals surface area contributed by atoms with Crippen molar-refractivity contribution in [1.29, 1.82) is 0 Å². The van der Waals surface area contributed by atoms with Crippen LogP contribution in [0.5, 0.6) is 0 Å². The van der Waals surface area contributed by atoms with Crippen LogP contribution in [-0.4, -0.2) is 12.6 Å². The summed E-state index contributed by atoms with van der Waals surface area (Å²) in [5.74, 6) is 0.0132. The minimum atomic E-state index is 0.0132. The van der Waals surface area contributed by atoms with E-state index in [-0.39, 0.29) is 5.97 Å². The maximum Gasteiger partial charge on any atom is 0.305 e. The van der Waals surface area contributed by atoms with E-state index in [0.29, 0.717) is 13.0 Å².